The summed E-state index contributed by atoms with van der Waals surface area (Å²) in [6.07, 6.45) is 17.7. The predicted octanol–water partition coefficient (Wildman–Crippen LogP) is 5.29. The minimum Gasteiger partial charge on any atom is -0.343 e. The van der Waals surface area contributed by atoms with E-state index in [-0.39, 0.29) is 23.8 Å². The minimum atomic E-state index is 0.150. The van der Waals surface area contributed by atoms with Gasteiger partial charge in [0.2, 0.25) is 11.8 Å². The molecule has 0 spiro atoms. The lowest BCUT2D eigenvalue weighted by Gasteiger charge is -2.32. The molecule has 0 aliphatic heterocycles. The molecule has 3 aliphatic rings. The van der Waals surface area contributed by atoms with Crippen molar-refractivity contribution < 1.29 is 9.59 Å². The van der Waals surface area contributed by atoms with Crippen molar-refractivity contribution in [3.05, 3.63) is 65.0 Å². The average Bonchev–Trinajstić information content (AvgIpc) is 3.34. The van der Waals surface area contributed by atoms with Crippen molar-refractivity contribution in [2.45, 2.75) is 65.3 Å². The van der Waals surface area contributed by atoms with Gasteiger partial charge in [0.15, 0.2) is 0 Å². The number of rotatable bonds is 9. The van der Waals surface area contributed by atoms with Crippen LogP contribution in [0.15, 0.2) is 48.2 Å². The van der Waals surface area contributed by atoms with E-state index < -0.39 is 0 Å². The minimum absolute atomic E-state index is 0.150. The Morgan fingerprint density at radius 3 is 2.71 bits per heavy atom. The number of likely N-dealkylation sites (N-methyl/N-ethyl adjacent to an activating group) is 1. The van der Waals surface area contributed by atoms with Gasteiger partial charge in [0, 0.05) is 51.1 Å². The second-order valence-corrected chi connectivity index (χ2v) is 10.5. The molecular weight excluding hydrogens is 434 g/mol. The Labute approximate surface area is 210 Å². The van der Waals surface area contributed by atoms with Crippen molar-refractivity contribution in [1.82, 2.24) is 14.4 Å². The first-order chi connectivity index (χ1) is 16.8. The lowest BCUT2D eigenvalue weighted by atomic mass is 9.95. The lowest BCUT2D eigenvalue weighted by Crippen LogP contribution is -2.39. The Balaban J connectivity index is 1.52. The molecule has 1 aromatic rings. The molecule has 5 heteroatoms. The summed E-state index contributed by atoms with van der Waals surface area (Å²) in [5.74, 6) is 1.03. The molecule has 188 valence electrons. The van der Waals surface area contributed by atoms with Crippen LogP contribution in [0, 0.1) is 11.8 Å². The highest BCUT2D eigenvalue weighted by atomic mass is 16.2. The van der Waals surface area contributed by atoms with Gasteiger partial charge in [0.05, 0.1) is 5.69 Å². The van der Waals surface area contributed by atoms with E-state index in [0.717, 1.165) is 56.6 Å². The third kappa shape index (κ3) is 5.45. The van der Waals surface area contributed by atoms with Gasteiger partial charge in [-0.2, -0.15) is 0 Å². The Morgan fingerprint density at radius 2 is 2.03 bits per heavy atom. The fourth-order valence-corrected chi connectivity index (χ4v) is 5.95. The number of hydrogen-bond acceptors (Lipinski definition) is 3. The van der Waals surface area contributed by atoms with E-state index in [2.05, 4.69) is 62.0 Å². The van der Waals surface area contributed by atoms with Crippen LogP contribution in [-0.2, 0) is 17.6 Å². The number of carbonyl (C=O) groups is 2. The number of allylic oxidation sites excluding steroid dienone is 4. The quantitative estimate of drug-likeness (QED) is 0.456. The van der Waals surface area contributed by atoms with Crippen molar-refractivity contribution in [2.24, 2.45) is 11.8 Å². The van der Waals surface area contributed by atoms with Crippen LogP contribution in [0.25, 0.3) is 6.08 Å². The number of aromatic nitrogens is 1. The molecule has 35 heavy (non-hydrogen) atoms. The molecule has 1 amide bonds. The standard InChI is InChI=1S/C30H41N3O2/c1-6-32(7-2)29(34)15-21(3)19-31(5)28-18-25-20-33(30(35)16-23-11-8-9-12-23)27-14-10-13-24(22(28)4)17-26(25)27/h8,10-11,13-14,20-21,23,28H,4,6-7,9,12,15-19H2,1-3,5H3/t21?,23?,28-/m1/s1. The van der Waals surface area contributed by atoms with Gasteiger partial charge in [-0.25, -0.2) is 0 Å². The molecule has 4 rings (SSSR count). The second kappa shape index (κ2) is 10.9. The summed E-state index contributed by atoms with van der Waals surface area (Å²) in [5.41, 5.74) is 5.94. The molecule has 0 fully saturated rings. The topological polar surface area (TPSA) is 45.6 Å². The summed E-state index contributed by atoms with van der Waals surface area (Å²) in [6.45, 7) is 13.1. The molecule has 2 unspecified atom stereocenters. The SMILES string of the molecule is C=C1C2=CC=Cc3c(c(cn3C(=O)CC3C=CCC3)C[C@H]1N(C)CC(C)CC(=O)N(CC)CC)C2. The van der Waals surface area contributed by atoms with Crippen molar-refractivity contribution >= 4 is 17.9 Å². The molecule has 0 aromatic carbocycles. The predicted molar refractivity (Wildman–Crippen MR) is 143 cm³/mol. The Kier molecular flexibility index (Phi) is 7.95. The highest BCUT2D eigenvalue weighted by Gasteiger charge is 2.31. The normalized spacial score (nSPS) is 21.6. The largest absolute Gasteiger partial charge is 0.343 e. The van der Waals surface area contributed by atoms with Crippen LogP contribution in [0.4, 0.5) is 0 Å². The maximum absolute atomic E-state index is 13.3. The number of amides is 1. The molecule has 5 nitrogen and oxygen atoms in total. The fourth-order valence-electron chi connectivity index (χ4n) is 5.95. The van der Waals surface area contributed by atoms with E-state index >= 15 is 0 Å². The summed E-state index contributed by atoms with van der Waals surface area (Å²) in [5, 5.41) is 0. The molecule has 2 bridgehead atoms. The summed E-state index contributed by atoms with van der Waals surface area (Å²) in [4.78, 5) is 30.2. The third-order valence-electron chi connectivity index (χ3n) is 7.98. The third-order valence-corrected chi connectivity index (χ3v) is 7.98. The van der Waals surface area contributed by atoms with E-state index in [1.165, 1.54) is 16.7 Å². The lowest BCUT2D eigenvalue weighted by molar-refractivity contribution is -0.131. The van der Waals surface area contributed by atoms with Crippen molar-refractivity contribution in [3.8, 4) is 0 Å². The molecule has 3 aliphatic carbocycles. The van der Waals surface area contributed by atoms with Gasteiger partial charge in [-0.15, -0.1) is 0 Å². The summed E-state index contributed by atoms with van der Waals surface area (Å²) >= 11 is 0. The summed E-state index contributed by atoms with van der Waals surface area (Å²) < 4.78 is 1.90. The summed E-state index contributed by atoms with van der Waals surface area (Å²) in [7, 11) is 2.15. The molecule has 1 aromatic heterocycles. The molecule has 0 saturated heterocycles. The van der Waals surface area contributed by atoms with Gasteiger partial charge in [-0.05, 0) is 80.3 Å². The van der Waals surface area contributed by atoms with Crippen LogP contribution in [0.3, 0.4) is 0 Å². The zero-order valence-electron chi connectivity index (χ0n) is 21.9. The van der Waals surface area contributed by atoms with E-state index in [1.54, 1.807) is 0 Å². The van der Waals surface area contributed by atoms with Crippen molar-refractivity contribution in [2.75, 3.05) is 26.7 Å². The van der Waals surface area contributed by atoms with Gasteiger partial charge in [-0.1, -0.05) is 37.8 Å². The van der Waals surface area contributed by atoms with Gasteiger partial charge in [-0.3, -0.25) is 19.1 Å². The van der Waals surface area contributed by atoms with Gasteiger partial charge >= 0.3 is 0 Å². The van der Waals surface area contributed by atoms with Gasteiger partial charge in [0.1, 0.15) is 0 Å². The van der Waals surface area contributed by atoms with Crippen LogP contribution >= 0.6 is 0 Å². The maximum atomic E-state index is 13.3. The number of hydrogen-bond donors (Lipinski definition) is 0. The van der Waals surface area contributed by atoms with Crippen LogP contribution < -0.4 is 0 Å². The smallest absolute Gasteiger partial charge is 0.231 e. The molecule has 0 radical (unpaired) electrons. The first-order valence-corrected chi connectivity index (χ1v) is 13.3. The van der Waals surface area contributed by atoms with E-state index in [1.807, 2.05) is 23.3 Å². The van der Waals surface area contributed by atoms with Crippen LogP contribution in [-0.4, -0.2) is 58.9 Å². The number of carbonyl (C=O) groups excluding carboxylic acids is 2. The Bertz CT molecular complexity index is 1070. The first kappa shape index (κ1) is 25.4. The van der Waals surface area contributed by atoms with E-state index in [9.17, 15) is 9.59 Å². The second-order valence-electron chi connectivity index (χ2n) is 10.5. The fraction of sp³-hybridized carbons (Fsp3) is 0.533. The highest BCUT2D eigenvalue weighted by molar-refractivity contribution is 5.84. The maximum Gasteiger partial charge on any atom is 0.231 e. The van der Waals surface area contributed by atoms with E-state index in [4.69, 9.17) is 0 Å². The first-order valence-electron chi connectivity index (χ1n) is 13.3. The van der Waals surface area contributed by atoms with Crippen LogP contribution in [0.1, 0.15) is 68.1 Å². The Hall–Kier alpha value is -2.66. The highest BCUT2D eigenvalue weighted by Crippen LogP contribution is 2.36. The van der Waals surface area contributed by atoms with Crippen molar-refractivity contribution in [1.29, 1.82) is 0 Å². The van der Waals surface area contributed by atoms with E-state index in [0.29, 0.717) is 18.8 Å². The number of fused-ring (bicyclic) bond motifs is 1. The van der Waals surface area contributed by atoms with Crippen LogP contribution in [0.5, 0.6) is 0 Å². The molecule has 0 saturated carbocycles. The Morgan fingerprint density at radius 1 is 1.26 bits per heavy atom. The van der Waals surface area contributed by atoms with Gasteiger partial charge < -0.3 is 4.90 Å². The number of nitrogens with zero attached hydrogens (tertiary/aromatic N) is 3. The summed E-state index contributed by atoms with van der Waals surface area (Å²) in [6, 6.07) is 0.150. The molecular formula is C30H41N3O2. The molecule has 1 heterocycles. The zero-order chi connectivity index (χ0) is 25.1. The van der Waals surface area contributed by atoms with Crippen LogP contribution in [0.2, 0.25) is 0 Å². The van der Waals surface area contributed by atoms with Crippen molar-refractivity contribution in [3.63, 3.8) is 0 Å². The zero-order valence-corrected chi connectivity index (χ0v) is 21.9. The average molecular weight is 476 g/mol. The monoisotopic (exact) mass is 475 g/mol. The molecule has 0 N–H and O–H groups in total. The van der Waals surface area contributed by atoms with Gasteiger partial charge in [0.25, 0.3) is 0 Å². The molecule has 3 atom stereocenters.